The summed E-state index contributed by atoms with van der Waals surface area (Å²) in [6.45, 7) is 6.06. The second-order valence-corrected chi connectivity index (χ2v) is 4.10. The van der Waals surface area contributed by atoms with Gasteiger partial charge in [-0.15, -0.1) is 0 Å². The summed E-state index contributed by atoms with van der Waals surface area (Å²) in [6, 6.07) is 5.01. The van der Waals surface area contributed by atoms with Crippen LogP contribution in [0.3, 0.4) is 0 Å². The van der Waals surface area contributed by atoms with Gasteiger partial charge in [0.2, 0.25) is 0 Å². The van der Waals surface area contributed by atoms with Crippen molar-refractivity contribution in [3.63, 3.8) is 0 Å². The number of hydrogen-bond acceptors (Lipinski definition) is 2. The zero-order chi connectivity index (χ0) is 12.0. The molecule has 1 aromatic carbocycles. The summed E-state index contributed by atoms with van der Waals surface area (Å²) in [5, 5.41) is 3.44. The van der Waals surface area contributed by atoms with E-state index in [2.05, 4.69) is 5.32 Å². The minimum absolute atomic E-state index is 0.164. The molecule has 0 aliphatic heterocycles. The van der Waals surface area contributed by atoms with Crippen LogP contribution in [0.2, 0.25) is 5.02 Å². The van der Waals surface area contributed by atoms with Crippen molar-refractivity contribution < 1.29 is 9.13 Å². The van der Waals surface area contributed by atoms with Crippen molar-refractivity contribution in [3.05, 3.63) is 34.6 Å². The lowest BCUT2D eigenvalue weighted by Gasteiger charge is -2.13. The van der Waals surface area contributed by atoms with Gasteiger partial charge in [-0.1, -0.05) is 17.7 Å². The molecule has 0 saturated carbocycles. The largest absolute Gasteiger partial charge is 0.380 e. The summed E-state index contributed by atoms with van der Waals surface area (Å²) in [6.07, 6.45) is 0. The van der Waals surface area contributed by atoms with E-state index in [1.807, 2.05) is 13.8 Å². The van der Waals surface area contributed by atoms with Crippen molar-refractivity contribution in [2.24, 2.45) is 0 Å². The summed E-state index contributed by atoms with van der Waals surface area (Å²) in [5.74, 6) is -0.382. The average molecular weight is 246 g/mol. The predicted octanol–water partition coefficient (Wildman–Crippen LogP) is 2.99. The van der Waals surface area contributed by atoms with Crippen LogP contribution >= 0.6 is 11.6 Å². The molecule has 1 atom stereocenters. The van der Waals surface area contributed by atoms with Gasteiger partial charge >= 0.3 is 0 Å². The molecule has 0 spiro atoms. The van der Waals surface area contributed by atoms with E-state index in [1.54, 1.807) is 12.1 Å². The van der Waals surface area contributed by atoms with Crippen LogP contribution in [0.15, 0.2) is 18.2 Å². The molecule has 4 heteroatoms. The van der Waals surface area contributed by atoms with Crippen molar-refractivity contribution in [2.75, 3.05) is 13.2 Å². The quantitative estimate of drug-likeness (QED) is 0.832. The first-order chi connectivity index (χ1) is 7.63. The predicted molar refractivity (Wildman–Crippen MR) is 64.2 cm³/mol. The number of benzene rings is 1. The highest BCUT2D eigenvalue weighted by atomic mass is 35.5. The van der Waals surface area contributed by atoms with Gasteiger partial charge < -0.3 is 10.1 Å². The van der Waals surface area contributed by atoms with E-state index < -0.39 is 0 Å². The normalized spacial score (nSPS) is 12.8. The van der Waals surface area contributed by atoms with Crippen molar-refractivity contribution in [1.29, 1.82) is 0 Å². The average Bonchev–Trinajstić information content (AvgIpc) is 2.28. The molecule has 1 aromatic rings. The molecule has 0 bridgehead atoms. The number of halogens is 2. The van der Waals surface area contributed by atoms with Crippen LogP contribution in [-0.4, -0.2) is 19.3 Å². The maximum absolute atomic E-state index is 12.9. The van der Waals surface area contributed by atoms with E-state index in [0.717, 1.165) is 5.56 Å². The van der Waals surface area contributed by atoms with E-state index in [-0.39, 0.29) is 16.9 Å². The Kier molecular flexibility index (Phi) is 5.74. The van der Waals surface area contributed by atoms with E-state index >= 15 is 0 Å². The number of nitrogens with one attached hydrogen (secondary N) is 1. The fourth-order valence-electron chi connectivity index (χ4n) is 1.30. The third kappa shape index (κ3) is 4.47. The molecule has 0 saturated heterocycles. The Labute approximate surface area is 101 Å². The maximum atomic E-state index is 12.9. The van der Waals surface area contributed by atoms with E-state index in [9.17, 15) is 4.39 Å². The number of rotatable bonds is 6. The van der Waals surface area contributed by atoms with Gasteiger partial charge in [0.25, 0.3) is 0 Å². The van der Waals surface area contributed by atoms with Crippen molar-refractivity contribution in [3.8, 4) is 0 Å². The molecule has 16 heavy (non-hydrogen) atoms. The summed E-state index contributed by atoms with van der Waals surface area (Å²) in [7, 11) is 0. The molecule has 0 aromatic heterocycles. The zero-order valence-corrected chi connectivity index (χ0v) is 10.4. The standard InChI is InChI=1S/C12H17ClFNO/c1-3-16-8-9(2)15-7-10-4-5-12(14)11(13)6-10/h4-6,9,15H,3,7-8H2,1-2H3. The number of ether oxygens (including phenoxy) is 1. The molecular weight excluding hydrogens is 229 g/mol. The third-order valence-corrected chi connectivity index (χ3v) is 2.50. The molecule has 2 nitrogen and oxygen atoms in total. The van der Waals surface area contributed by atoms with Crippen molar-refractivity contribution in [2.45, 2.75) is 26.4 Å². The first-order valence-corrected chi connectivity index (χ1v) is 5.76. The maximum Gasteiger partial charge on any atom is 0.141 e. The van der Waals surface area contributed by atoms with Crippen LogP contribution in [0.1, 0.15) is 19.4 Å². The molecule has 1 rings (SSSR count). The number of hydrogen-bond donors (Lipinski definition) is 1. The van der Waals surface area contributed by atoms with E-state index in [1.165, 1.54) is 6.07 Å². The Hall–Kier alpha value is -0.640. The van der Waals surface area contributed by atoms with Gasteiger partial charge in [0.15, 0.2) is 0 Å². The Morgan fingerprint density at radius 3 is 2.88 bits per heavy atom. The second-order valence-electron chi connectivity index (χ2n) is 3.69. The summed E-state index contributed by atoms with van der Waals surface area (Å²) >= 11 is 5.69. The van der Waals surface area contributed by atoms with E-state index in [4.69, 9.17) is 16.3 Å². The third-order valence-electron chi connectivity index (χ3n) is 2.21. The second kappa shape index (κ2) is 6.84. The zero-order valence-electron chi connectivity index (χ0n) is 9.59. The molecule has 0 aliphatic rings. The van der Waals surface area contributed by atoms with Gasteiger partial charge in [-0.3, -0.25) is 0 Å². The Balaban J connectivity index is 2.39. The van der Waals surface area contributed by atoms with Crippen LogP contribution in [-0.2, 0) is 11.3 Å². The molecule has 1 unspecified atom stereocenters. The van der Waals surface area contributed by atoms with Crippen LogP contribution < -0.4 is 5.32 Å². The fourth-order valence-corrected chi connectivity index (χ4v) is 1.50. The Bertz CT molecular complexity index is 333. The smallest absolute Gasteiger partial charge is 0.141 e. The highest BCUT2D eigenvalue weighted by molar-refractivity contribution is 6.30. The lowest BCUT2D eigenvalue weighted by atomic mass is 10.2. The van der Waals surface area contributed by atoms with Crippen LogP contribution in [0.5, 0.6) is 0 Å². The lowest BCUT2D eigenvalue weighted by Crippen LogP contribution is -2.30. The van der Waals surface area contributed by atoms with Crippen LogP contribution in [0.25, 0.3) is 0 Å². The molecule has 90 valence electrons. The van der Waals surface area contributed by atoms with Gasteiger partial charge in [-0.2, -0.15) is 0 Å². The molecule has 0 fully saturated rings. The minimum atomic E-state index is -0.382. The lowest BCUT2D eigenvalue weighted by molar-refractivity contribution is 0.127. The van der Waals surface area contributed by atoms with Crippen molar-refractivity contribution in [1.82, 2.24) is 5.32 Å². The van der Waals surface area contributed by atoms with Gasteiger partial charge in [0, 0.05) is 19.2 Å². The molecular formula is C12H17ClFNO. The van der Waals surface area contributed by atoms with Gasteiger partial charge in [0.1, 0.15) is 5.82 Å². The molecule has 0 aliphatic carbocycles. The molecule has 0 radical (unpaired) electrons. The van der Waals surface area contributed by atoms with E-state index in [0.29, 0.717) is 19.8 Å². The highest BCUT2D eigenvalue weighted by Crippen LogP contribution is 2.15. The topological polar surface area (TPSA) is 21.3 Å². The summed E-state index contributed by atoms with van der Waals surface area (Å²) in [5.41, 5.74) is 0.967. The molecule has 0 heterocycles. The highest BCUT2D eigenvalue weighted by Gasteiger charge is 2.03. The van der Waals surface area contributed by atoms with Gasteiger partial charge in [0.05, 0.1) is 11.6 Å². The molecule has 1 N–H and O–H groups in total. The Morgan fingerprint density at radius 1 is 1.50 bits per heavy atom. The van der Waals surface area contributed by atoms with Crippen LogP contribution in [0, 0.1) is 5.82 Å². The fraction of sp³-hybridized carbons (Fsp3) is 0.500. The van der Waals surface area contributed by atoms with Gasteiger partial charge in [-0.25, -0.2) is 4.39 Å². The molecule has 0 amide bonds. The van der Waals surface area contributed by atoms with Crippen LogP contribution in [0.4, 0.5) is 4.39 Å². The summed E-state index contributed by atoms with van der Waals surface area (Å²) < 4.78 is 18.2. The minimum Gasteiger partial charge on any atom is -0.380 e. The summed E-state index contributed by atoms with van der Waals surface area (Å²) in [4.78, 5) is 0. The van der Waals surface area contributed by atoms with Gasteiger partial charge in [-0.05, 0) is 31.5 Å². The SMILES string of the molecule is CCOCC(C)NCc1ccc(F)c(Cl)c1. The first kappa shape index (κ1) is 13.4. The first-order valence-electron chi connectivity index (χ1n) is 5.38. The van der Waals surface area contributed by atoms with Crippen molar-refractivity contribution >= 4 is 11.6 Å². The monoisotopic (exact) mass is 245 g/mol. The Morgan fingerprint density at radius 2 is 2.25 bits per heavy atom.